The number of hydrogen-bond acceptors (Lipinski definition) is 4. The van der Waals surface area contributed by atoms with E-state index in [-0.39, 0.29) is 11.2 Å². The number of phenolic OH excluding ortho intramolecular Hbond substituents is 1. The molecule has 0 heterocycles. The minimum atomic E-state index is -1.04. The van der Waals surface area contributed by atoms with Crippen molar-refractivity contribution in [3.63, 3.8) is 0 Å². The van der Waals surface area contributed by atoms with Gasteiger partial charge >= 0.3 is 0 Å². The van der Waals surface area contributed by atoms with Crippen molar-refractivity contribution in [2.45, 2.75) is 103 Å². The summed E-state index contributed by atoms with van der Waals surface area (Å²) in [5.74, 6) is 0.886. The number of rotatable bonds is 13. The first-order valence-electron chi connectivity index (χ1n) is 12.4. The summed E-state index contributed by atoms with van der Waals surface area (Å²) >= 11 is 6.15. The van der Waals surface area contributed by atoms with Crippen molar-refractivity contribution in [1.29, 1.82) is 0 Å². The SMILES string of the molecule is CCCCCCCCCCCC(N)(Oc1ccc(O)c(C(C)(C)C)c1)c1ccc(Cl)c(N)c1. The van der Waals surface area contributed by atoms with E-state index < -0.39 is 5.72 Å². The first-order valence-corrected chi connectivity index (χ1v) is 12.8. The monoisotopic (exact) mass is 474 g/mol. The number of ether oxygens (including phenoxy) is 1. The summed E-state index contributed by atoms with van der Waals surface area (Å²) in [5.41, 5.74) is 13.8. The lowest BCUT2D eigenvalue weighted by molar-refractivity contribution is 0.0600. The van der Waals surface area contributed by atoms with Crippen LogP contribution in [0.25, 0.3) is 0 Å². The van der Waals surface area contributed by atoms with Gasteiger partial charge in [0.1, 0.15) is 11.5 Å². The maximum atomic E-state index is 10.3. The smallest absolute Gasteiger partial charge is 0.184 e. The van der Waals surface area contributed by atoms with Gasteiger partial charge in [-0.05, 0) is 42.2 Å². The zero-order chi connectivity index (χ0) is 24.5. The lowest BCUT2D eigenvalue weighted by Gasteiger charge is -2.32. The maximum absolute atomic E-state index is 10.3. The molecule has 33 heavy (non-hydrogen) atoms. The minimum absolute atomic E-state index is 0.220. The summed E-state index contributed by atoms with van der Waals surface area (Å²) in [5, 5.41) is 10.8. The first-order chi connectivity index (χ1) is 15.6. The van der Waals surface area contributed by atoms with E-state index in [1.807, 2.05) is 12.1 Å². The van der Waals surface area contributed by atoms with E-state index >= 15 is 0 Å². The summed E-state index contributed by atoms with van der Waals surface area (Å²) in [4.78, 5) is 0. The second-order valence-corrected chi connectivity index (χ2v) is 10.6. The summed E-state index contributed by atoms with van der Waals surface area (Å²) in [7, 11) is 0. The van der Waals surface area contributed by atoms with Crippen LogP contribution in [0.3, 0.4) is 0 Å². The summed E-state index contributed by atoms with van der Waals surface area (Å²) in [6, 6.07) is 10.8. The number of halogens is 1. The highest BCUT2D eigenvalue weighted by Gasteiger charge is 2.31. The highest BCUT2D eigenvalue weighted by atomic mass is 35.5. The van der Waals surface area contributed by atoms with Gasteiger partial charge in [0.2, 0.25) is 0 Å². The largest absolute Gasteiger partial charge is 0.508 e. The molecule has 2 rings (SSSR count). The van der Waals surface area contributed by atoms with Crippen LogP contribution in [-0.4, -0.2) is 5.11 Å². The molecule has 0 aromatic heterocycles. The number of unbranched alkanes of at least 4 members (excludes halogenated alkanes) is 8. The predicted molar refractivity (Wildman–Crippen MR) is 141 cm³/mol. The van der Waals surface area contributed by atoms with Crippen LogP contribution < -0.4 is 16.2 Å². The lowest BCUT2D eigenvalue weighted by atomic mass is 9.86. The van der Waals surface area contributed by atoms with Crippen LogP contribution >= 0.6 is 11.6 Å². The lowest BCUT2D eigenvalue weighted by Crippen LogP contribution is -2.43. The third-order valence-corrected chi connectivity index (χ3v) is 6.56. The van der Waals surface area contributed by atoms with Gasteiger partial charge in [0, 0.05) is 17.5 Å². The number of benzene rings is 2. The number of hydrogen-bond donors (Lipinski definition) is 3. The molecule has 5 heteroatoms. The van der Waals surface area contributed by atoms with E-state index in [9.17, 15) is 5.11 Å². The zero-order valence-corrected chi connectivity index (χ0v) is 21.7. The molecule has 184 valence electrons. The molecule has 0 aliphatic rings. The van der Waals surface area contributed by atoms with Crippen LogP contribution in [0.15, 0.2) is 36.4 Å². The Kier molecular flexibility index (Phi) is 10.4. The van der Waals surface area contributed by atoms with Crippen LogP contribution in [0.5, 0.6) is 11.5 Å². The van der Waals surface area contributed by atoms with Crippen molar-refractivity contribution in [1.82, 2.24) is 0 Å². The van der Waals surface area contributed by atoms with E-state index in [0.29, 0.717) is 22.9 Å². The topological polar surface area (TPSA) is 81.5 Å². The fourth-order valence-electron chi connectivity index (χ4n) is 4.15. The van der Waals surface area contributed by atoms with Gasteiger partial charge in [-0.25, -0.2) is 0 Å². The van der Waals surface area contributed by atoms with Crippen molar-refractivity contribution in [2.75, 3.05) is 5.73 Å². The van der Waals surface area contributed by atoms with Crippen LogP contribution in [-0.2, 0) is 11.1 Å². The van der Waals surface area contributed by atoms with Gasteiger partial charge in [-0.15, -0.1) is 0 Å². The molecule has 1 atom stereocenters. The standard InChI is InChI=1S/C28H43ClN2O2/c1-5-6-7-8-9-10-11-12-13-18-28(31,21-14-16-24(29)25(30)19-21)33-22-15-17-26(32)23(20-22)27(2,3)4/h14-17,19-20,32H,5-13,18,30-31H2,1-4H3. The molecular weight excluding hydrogens is 432 g/mol. The van der Waals surface area contributed by atoms with Crippen LogP contribution in [0, 0.1) is 0 Å². The van der Waals surface area contributed by atoms with E-state index in [0.717, 1.165) is 24.0 Å². The van der Waals surface area contributed by atoms with Crippen molar-refractivity contribution < 1.29 is 9.84 Å². The molecule has 1 unspecified atom stereocenters. The number of phenols is 1. The van der Waals surface area contributed by atoms with E-state index in [2.05, 4.69) is 27.7 Å². The van der Waals surface area contributed by atoms with E-state index in [1.165, 1.54) is 44.9 Å². The van der Waals surface area contributed by atoms with Crippen LogP contribution in [0.1, 0.15) is 103 Å². The Morgan fingerprint density at radius 2 is 1.48 bits per heavy atom. The molecule has 0 amide bonds. The number of nitrogens with two attached hydrogens (primary N) is 2. The third kappa shape index (κ3) is 8.42. The molecule has 0 saturated heterocycles. The van der Waals surface area contributed by atoms with Crippen molar-refractivity contribution in [2.24, 2.45) is 5.73 Å². The molecule has 0 spiro atoms. The molecule has 4 nitrogen and oxygen atoms in total. The molecule has 0 radical (unpaired) electrons. The highest BCUT2D eigenvalue weighted by Crippen LogP contribution is 2.37. The molecule has 0 aliphatic heterocycles. The number of anilines is 1. The Balaban J connectivity index is 2.11. The Labute approximate surface area is 205 Å². The van der Waals surface area contributed by atoms with Crippen molar-refractivity contribution in [3.05, 3.63) is 52.5 Å². The second-order valence-electron chi connectivity index (χ2n) is 10.2. The summed E-state index contributed by atoms with van der Waals surface area (Å²) in [6.45, 7) is 8.43. The summed E-state index contributed by atoms with van der Waals surface area (Å²) < 4.78 is 6.41. The quantitative estimate of drug-likeness (QED) is 0.156. The fraction of sp³-hybridized carbons (Fsp3) is 0.571. The van der Waals surface area contributed by atoms with Gasteiger partial charge in [-0.3, -0.25) is 5.73 Å². The summed E-state index contributed by atoms with van der Waals surface area (Å²) in [6.07, 6.45) is 11.8. The number of nitrogen functional groups attached to an aromatic ring is 1. The van der Waals surface area contributed by atoms with Crippen LogP contribution in [0.2, 0.25) is 5.02 Å². The maximum Gasteiger partial charge on any atom is 0.184 e. The third-order valence-electron chi connectivity index (χ3n) is 6.21. The second kappa shape index (κ2) is 12.5. The molecule has 0 fully saturated rings. The first kappa shape index (κ1) is 27.3. The molecule has 2 aromatic carbocycles. The highest BCUT2D eigenvalue weighted by molar-refractivity contribution is 6.33. The van der Waals surface area contributed by atoms with Crippen LogP contribution in [0.4, 0.5) is 5.69 Å². The van der Waals surface area contributed by atoms with Gasteiger partial charge in [-0.1, -0.05) is 96.7 Å². The Morgan fingerprint density at radius 3 is 2.06 bits per heavy atom. The van der Waals surface area contributed by atoms with Gasteiger partial charge in [0.15, 0.2) is 5.72 Å². The average molecular weight is 475 g/mol. The molecule has 5 N–H and O–H groups in total. The minimum Gasteiger partial charge on any atom is -0.508 e. The van der Waals surface area contributed by atoms with Gasteiger partial charge < -0.3 is 15.6 Å². The van der Waals surface area contributed by atoms with E-state index in [1.54, 1.807) is 24.3 Å². The zero-order valence-electron chi connectivity index (χ0n) is 20.9. The average Bonchev–Trinajstić information content (AvgIpc) is 2.75. The van der Waals surface area contributed by atoms with Gasteiger partial charge in [-0.2, -0.15) is 0 Å². The Morgan fingerprint density at radius 1 is 0.879 bits per heavy atom. The van der Waals surface area contributed by atoms with Crippen molar-refractivity contribution in [3.8, 4) is 11.5 Å². The molecule has 0 saturated carbocycles. The van der Waals surface area contributed by atoms with Gasteiger partial charge in [0.05, 0.1) is 10.7 Å². The fourth-order valence-corrected chi connectivity index (χ4v) is 4.27. The number of aromatic hydroxyl groups is 1. The molecule has 0 aliphatic carbocycles. The molecule has 0 bridgehead atoms. The Bertz CT molecular complexity index is 879. The molecule has 2 aromatic rings. The normalized spacial score (nSPS) is 13.6. The Hall–Kier alpha value is -1.91. The predicted octanol–water partition coefficient (Wildman–Crippen LogP) is 8.04. The molecular formula is C28H43ClN2O2. The van der Waals surface area contributed by atoms with E-state index in [4.69, 9.17) is 27.8 Å². The van der Waals surface area contributed by atoms with Gasteiger partial charge in [0.25, 0.3) is 0 Å². The van der Waals surface area contributed by atoms with Crippen molar-refractivity contribution >= 4 is 17.3 Å².